The van der Waals surface area contributed by atoms with Crippen LogP contribution in [0.15, 0.2) is 23.6 Å². The van der Waals surface area contributed by atoms with Crippen LogP contribution in [0.2, 0.25) is 0 Å². The first-order valence-corrected chi connectivity index (χ1v) is 5.83. The van der Waals surface area contributed by atoms with Crippen LogP contribution < -0.4 is 0 Å². The number of carbonyl (C=O) groups excluding carboxylic acids is 1. The van der Waals surface area contributed by atoms with E-state index >= 15 is 0 Å². The summed E-state index contributed by atoms with van der Waals surface area (Å²) in [5.74, 6) is -1.44. The van der Waals surface area contributed by atoms with Crippen molar-refractivity contribution in [3.8, 4) is 0 Å². The van der Waals surface area contributed by atoms with Gasteiger partial charge in [0.25, 0.3) is 0 Å². The molecule has 0 amide bonds. The van der Waals surface area contributed by atoms with Crippen molar-refractivity contribution in [2.24, 2.45) is 0 Å². The van der Waals surface area contributed by atoms with E-state index in [-0.39, 0.29) is 17.8 Å². The molecule has 0 unspecified atom stereocenters. The second-order valence-corrected chi connectivity index (χ2v) is 4.65. The van der Waals surface area contributed by atoms with Crippen molar-refractivity contribution in [3.05, 3.63) is 51.5 Å². The Kier molecular flexibility index (Phi) is 3.28. The number of benzene rings is 1. The van der Waals surface area contributed by atoms with Crippen LogP contribution in [0.4, 0.5) is 8.78 Å². The van der Waals surface area contributed by atoms with Crippen LogP contribution in [0.25, 0.3) is 0 Å². The first-order chi connectivity index (χ1) is 8.06. The second-order valence-electron chi connectivity index (χ2n) is 3.59. The molecule has 0 fully saturated rings. The number of aryl methyl sites for hydroxylation is 1. The SMILES string of the molecule is Cc1nc(C(=O)Cc2cc(F)ccc2F)cs1. The summed E-state index contributed by atoms with van der Waals surface area (Å²) < 4.78 is 26.2. The maximum Gasteiger partial charge on any atom is 0.186 e. The van der Waals surface area contributed by atoms with Crippen molar-refractivity contribution in [2.75, 3.05) is 0 Å². The van der Waals surface area contributed by atoms with Crippen LogP contribution in [0.3, 0.4) is 0 Å². The van der Waals surface area contributed by atoms with Gasteiger partial charge >= 0.3 is 0 Å². The Morgan fingerprint density at radius 3 is 2.82 bits per heavy atom. The molecule has 2 aromatic rings. The number of carbonyl (C=O) groups is 1. The van der Waals surface area contributed by atoms with E-state index in [0.29, 0.717) is 5.69 Å². The number of hydrogen-bond donors (Lipinski definition) is 0. The van der Waals surface area contributed by atoms with Gasteiger partial charge in [-0.1, -0.05) is 0 Å². The standard InChI is InChI=1S/C12H9F2NOS/c1-7-15-11(6-17-7)12(16)5-8-4-9(13)2-3-10(8)14/h2-4,6H,5H2,1H3. The molecule has 2 rings (SSSR count). The fraction of sp³-hybridized carbons (Fsp3) is 0.167. The zero-order valence-corrected chi connectivity index (χ0v) is 9.85. The molecule has 17 heavy (non-hydrogen) atoms. The number of ketones is 1. The summed E-state index contributed by atoms with van der Waals surface area (Å²) in [5.41, 5.74) is 0.358. The molecule has 0 bridgehead atoms. The second kappa shape index (κ2) is 4.71. The molecule has 0 radical (unpaired) electrons. The van der Waals surface area contributed by atoms with Crippen molar-refractivity contribution in [2.45, 2.75) is 13.3 Å². The maximum absolute atomic E-state index is 13.3. The number of thiazole rings is 1. The molecular formula is C12H9F2NOS. The van der Waals surface area contributed by atoms with E-state index in [1.165, 1.54) is 11.3 Å². The highest BCUT2D eigenvalue weighted by Gasteiger charge is 2.13. The zero-order valence-electron chi connectivity index (χ0n) is 9.04. The van der Waals surface area contributed by atoms with Gasteiger partial charge in [-0.2, -0.15) is 0 Å². The van der Waals surface area contributed by atoms with E-state index in [4.69, 9.17) is 0 Å². The van der Waals surface area contributed by atoms with E-state index < -0.39 is 11.6 Å². The quantitative estimate of drug-likeness (QED) is 0.786. The largest absolute Gasteiger partial charge is 0.292 e. The minimum atomic E-state index is -0.577. The van der Waals surface area contributed by atoms with Gasteiger partial charge in [-0.15, -0.1) is 11.3 Å². The Morgan fingerprint density at radius 2 is 2.18 bits per heavy atom. The normalized spacial score (nSPS) is 10.5. The number of halogens is 2. The summed E-state index contributed by atoms with van der Waals surface area (Å²) in [7, 11) is 0. The third kappa shape index (κ3) is 2.74. The zero-order chi connectivity index (χ0) is 12.4. The summed E-state index contributed by atoms with van der Waals surface area (Å²) in [6, 6.07) is 3.08. The summed E-state index contributed by atoms with van der Waals surface area (Å²) in [6.45, 7) is 1.78. The Morgan fingerprint density at radius 1 is 1.41 bits per heavy atom. The van der Waals surface area contributed by atoms with Crippen LogP contribution >= 0.6 is 11.3 Å². The van der Waals surface area contributed by atoms with E-state index in [9.17, 15) is 13.6 Å². The van der Waals surface area contributed by atoms with Crippen LogP contribution in [0.5, 0.6) is 0 Å². The molecule has 2 nitrogen and oxygen atoms in total. The molecule has 0 aliphatic carbocycles. The first kappa shape index (κ1) is 11.9. The molecule has 0 spiro atoms. The number of Topliss-reactive ketones (excluding diaryl/α,β-unsaturated/α-hetero) is 1. The van der Waals surface area contributed by atoms with Crippen LogP contribution in [-0.2, 0) is 6.42 Å². The van der Waals surface area contributed by atoms with Gasteiger partial charge in [0.05, 0.1) is 5.01 Å². The highest BCUT2D eigenvalue weighted by molar-refractivity contribution is 7.09. The summed E-state index contributed by atoms with van der Waals surface area (Å²) in [6.07, 6.45) is -0.174. The molecule has 0 saturated carbocycles. The Balaban J connectivity index is 2.21. The Bertz CT molecular complexity index is 565. The van der Waals surface area contributed by atoms with Gasteiger partial charge in [-0.25, -0.2) is 13.8 Å². The van der Waals surface area contributed by atoms with Gasteiger partial charge in [0, 0.05) is 11.8 Å². The highest BCUT2D eigenvalue weighted by Crippen LogP contribution is 2.14. The van der Waals surface area contributed by atoms with Crippen molar-refractivity contribution in [1.82, 2.24) is 4.98 Å². The van der Waals surface area contributed by atoms with Crippen LogP contribution in [-0.4, -0.2) is 10.8 Å². The van der Waals surface area contributed by atoms with Crippen LogP contribution in [0, 0.1) is 18.6 Å². The molecule has 88 valence electrons. The number of aromatic nitrogens is 1. The summed E-state index contributed by atoms with van der Waals surface area (Å²) in [4.78, 5) is 15.8. The minimum absolute atomic E-state index is 0.0562. The molecule has 5 heteroatoms. The highest BCUT2D eigenvalue weighted by atomic mass is 32.1. The lowest BCUT2D eigenvalue weighted by atomic mass is 10.1. The van der Waals surface area contributed by atoms with Gasteiger partial charge in [0.15, 0.2) is 5.78 Å². The van der Waals surface area contributed by atoms with Crippen molar-refractivity contribution >= 4 is 17.1 Å². The van der Waals surface area contributed by atoms with Crippen molar-refractivity contribution in [1.29, 1.82) is 0 Å². The molecule has 0 atom stereocenters. The Hall–Kier alpha value is -1.62. The summed E-state index contributed by atoms with van der Waals surface area (Å²) in [5, 5.41) is 2.39. The smallest absolute Gasteiger partial charge is 0.186 e. The fourth-order valence-electron chi connectivity index (χ4n) is 1.43. The molecule has 0 saturated heterocycles. The fourth-order valence-corrected chi connectivity index (χ4v) is 2.05. The van der Waals surface area contributed by atoms with E-state index in [2.05, 4.69) is 4.98 Å². The first-order valence-electron chi connectivity index (χ1n) is 4.95. The third-order valence-electron chi connectivity index (χ3n) is 2.26. The average Bonchev–Trinajstić information content (AvgIpc) is 2.70. The van der Waals surface area contributed by atoms with Gasteiger partial charge in [0.2, 0.25) is 0 Å². The molecule has 0 N–H and O–H groups in total. The van der Waals surface area contributed by atoms with E-state index in [1.54, 1.807) is 12.3 Å². The molecule has 1 heterocycles. The number of nitrogens with zero attached hydrogens (tertiary/aromatic N) is 1. The Labute approximate surface area is 101 Å². The molecular weight excluding hydrogens is 244 g/mol. The van der Waals surface area contributed by atoms with Gasteiger partial charge in [0.1, 0.15) is 17.3 Å². The molecule has 0 aliphatic rings. The summed E-state index contributed by atoms with van der Waals surface area (Å²) >= 11 is 1.35. The lowest BCUT2D eigenvalue weighted by Gasteiger charge is -2.01. The van der Waals surface area contributed by atoms with Crippen LogP contribution in [0.1, 0.15) is 21.1 Å². The maximum atomic E-state index is 13.3. The molecule has 0 aliphatic heterocycles. The minimum Gasteiger partial charge on any atom is -0.292 e. The third-order valence-corrected chi connectivity index (χ3v) is 3.04. The topological polar surface area (TPSA) is 30.0 Å². The monoisotopic (exact) mass is 253 g/mol. The predicted octanol–water partition coefficient (Wildman–Crippen LogP) is 3.16. The molecule has 1 aromatic heterocycles. The van der Waals surface area contributed by atoms with Gasteiger partial charge in [-0.05, 0) is 30.7 Å². The molecule has 1 aromatic carbocycles. The lowest BCUT2D eigenvalue weighted by molar-refractivity contribution is 0.0987. The lowest BCUT2D eigenvalue weighted by Crippen LogP contribution is -2.06. The predicted molar refractivity (Wildman–Crippen MR) is 61.2 cm³/mol. The van der Waals surface area contributed by atoms with Gasteiger partial charge in [-0.3, -0.25) is 4.79 Å². The van der Waals surface area contributed by atoms with E-state index in [1.807, 2.05) is 0 Å². The number of rotatable bonds is 3. The number of hydrogen-bond acceptors (Lipinski definition) is 3. The van der Waals surface area contributed by atoms with Gasteiger partial charge < -0.3 is 0 Å². The van der Waals surface area contributed by atoms with Crippen molar-refractivity contribution < 1.29 is 13.6 Å². The van der Waals surface area contributed by atoms with E-state index in [0.717, 1.165) is 23.2 Å². The average molecular weight is 253 g/mol. The van der Waals surface area contributed by atoms with Crippen molar-refractivity contribution in [3.63, 3.8) is 0 Å².